The van der Waals surface area contributed by atoms with Crippen molar-refractivity contribution in [3.05, 3.63) is 34.9 Å². The zero-order chi connectivity index (χ0) is 13.7. The fourth-order valence-electron chi connectivity index (χ4n) is 2.12. The molecule has 0 amide bonds. The summed E-state index contributed by atoms with van der Waals surface area (Å²) in [4.78, 5) is 0. The Balaban J connectivity index is 1.99. The highest BCUT2D eigenvalue weighted by molar-refractivity contribution is 5.31. The highest BCUT2D eigenvalue weighted by Gasteiger charge is 2.21. The van der Waals surface area contributed by atoms with Gasteiger partial charge in [0.05, 0.1) is 25.9 Å². The molecule has 0 bridgehead atoms. The number of aryl methyl sites for hydroxylation is 2. The molecule has 1 aromatic rings. The van der Waals surface area contributed by atoms with Gasteiger partial charge in [-0.25, -0.2) is 0 Å². The summed E-state index contributed by atoms with van der Waals surface area (Å²) in [6.45, 7) is 9.72. The molecule has 1 unspecified atom stereocenters. The first-order valence-corrected chi connectivity index (χ1v) is 7.20. The second-order valence-electron chi connectivity index (χ2n) is 5.34. The van der Waals surface area contributed by atoms with Crippen LogP contribution in [0, 0.1) is 13.8 Å². The van der Waals surface area contributed by atoms with Gasteiger partial charge in [0.25, 0.3) is 0 Å². The molecule has 1 atom stereocenters. The lowest BCUT2D eigenvalue weighted by atomic mass is 10.0. The molecule has 1 heterocycles. The molecule has 3 nitrogen and oxygen atoms in total. The molecule has 19 heavy (non-hydrogen) atoms. The van der Waals surface area contributed by atoms with Crippen LogP contribution in [0.25, 0.3) is 0 Å². The number of hydrogen-bond acceptors (Lipinski definition) is 3. The molecule has 2 rings (SSSR count). The average Bonchev–Trinajstić information content (AvgIpc) is 2.35. The van der Waals surface area contributed by atoms with Gasteiger partial charge in [-0.3, -0.25) is 0 Å². The van der Waals surface area contributed by atoms with Gasteiger partial charge in [-0.15, -0.1) is 0 Å². The second kappa shape index (κ2) is 7.04. The Kier molecular flexibility index (Phi) is 5.37. The molecular formula is C16H25NO2. The minimum absolute atomic E-state index is 0.278. The van der Waals surface area contributed by atoms with Crippen molar-refractivity contribution in [3.8, 4) is 0 Å². The molecule has 1 fully saturated rings. The Hall–Kier alpha value is -0.900. The smallest absolute Gasteiger partial charge is 0.104 e. The van der Waals surface area contributed by atoms with Crippen molar-refractivity contribution in [2.75, 3.05) is 26.4 Å². The first-order valence-electron chi connectivity index (χ1n) is 7.20. The van der Waals surface area contributed by atoms with Gasteiger partial charge in [-0.1, -0.05) is 25.1 Å². The average molecular weight is 263 g/mol. The highest BCUT2D eigenvalue weighted by atomic mass is 16.6. The van der Waals surface area contributed by atoms with Gasteiger partial charge in [0.1, 0.15) is 6.10 Å². The summed E-state index contributed by atoms with van der Waals surface area (Å²) in [5.41, 5.74) is 4.00. The number of benzene rings is 1. The molecule has 3 heteroatoms. The SMILES string of the molecule is CCCNC(COC1COC1)c1ccc(C)c(C)c1. The van der Waals surface area contributed by atoms with Crippen LogP contribution in [0.5, 0.6) is 0 Å². The lowest BCUT2D eigenvalue weighted by Gasteiger charge is -2.29. The van der Waals surface area contributed by atoms with Gasteiger partial charge in [0.2, 0.25) is 0 Å². The van der Waals surface area contributed by atoms with Crippen molar-refractivity contribution in [3.63, 3.8) is 0 Å². The maximum Gasteiger partial charge on any atom is 0.104 e. The standard InChI is InChI=1S/C16H25NO2/c1-4-7-17-16(11-19-15-9-18-10-15)14-6-5-12(2)13(3)8-14/h5-6,8,15-17H,4,7,9-11H2,1-3H3. The van der Waals surface area contributed by atoms with Gasteiger partial charge in [0.15, 0.2) is 0 Å². The normalized spacial score (nSPS) is 17.2. The monoisotopic (exact) mass is 263 g/mol. The molecule has 0 spiro atoms. The molecule has 1 aliphatic heterocycles. The number of rotatable bonds is 7. The minimum atomic E-state index is 0.278. The third-order valence-corrected chi connectivity index (χ3v) is 3.68. The zero-order valence-electron chi connectivity index (χ0n) is 12.2. The van der Waals surface area contributed by atoms with E-state index in [4.69, 9.17) is 9.47 Å². The maximum atomic E-state index is 5.87. The third-order valence-electron chi connectivity index (χ3n) is 3.68. The number of ether oxygens (including phenoxy) is 2. The lowest BCUT2D eigenvalue weighted by Crippen LogP contribution is -2.38. The summed E-state index contributed by atoms with van der Waals surface area (Å²) in [6, 6.07) is 6.94. The summed E-state index contributed by atoms with van der Waals surface area (Å²) < 4.78 is 11.0. The number of hydrogen-bond donors (Lipinski definition) is 1. The Morgan fingerprint density at radius 1 is 1.32 bits per heavy atom. The van der Waals surface area contributed by atoms with E-state index >= 15 is 0 Å². The first-order chi connectivity index (χ1) is 9.20. The van der Waals surface area contributed by atoms with Crippen LogP contribution in [0.4, 0.5) is 0 Å². The molecule has 1 saturated heterocycles. The summed E-state index contributed by atoms with van der Waals surface area (Å²) in [5, 5.41) is 3.57. The van der Waals surface area contributed by atoms with Crippen LogP contribution in [0.2, 0.25) is 0 Å². The van der Waals surface area contributed by atoms with Crippen LogP contribution in [-0.4, -0.2) is 32.5 Å². The van der Waals surface area contributed by atoms with Crippen LogP contribution in [0.3, 0.4) is 0 Å². The van der Waals surface area contributed by atoms with E-state index in [-0.39, 0.29) is 12.1 Å². The van der Waals surface area contributed by atoms with E-state index in [1.54, 1.807) is 0 Å². The number of nitrogens with one attached hydrogen (secondary N) is 1. The molecular weight excluding hydrogens is 238 g/mol. The minimum Gasteiger partial charge on any atom is -0.376 e. The topological polar surface area (TPSA) is 30.5 Å². The van der Waals surface area contributed by atoms with Crippen LogP contribution in [-0.2, 0) is 9.47 Å². The Morgan fingerprint density at radius 2 is 2.11 bits per heavy atom. The van der Waals surface area contributed by atoms with Crippen LogP contribution in [0.1, 0.15) is 36.1 Å². The van der Waals surface area contributed by atoms with Gasteiger partial charge >= 0.3 is 0 Å². The molecule has 1 aromatic carbocycles. The summed E-state index contributed by atoms with van der Waals surface area (Å²) >= 11 is 0. The molecule has 1 N–H and O–H groups in total. The summed E-state index contributed by atoms with van der Waals surface area (Å²) in [6.07, 6.45) is 1.42. The third kappa shape index (κ3) is 4.03. The zero-order valence-corrected chi connectivity index (χ0v) is 12.2. The van der Waals surface area contributed by atoms with Crippen molar-refractivity contribution in [1.29, 1.82) is 0 Å². The van der Waals surface area contributed by atoms with Crippen molar-refractivity contribution < 1.29 is 9.47 Å². The quantitative estimate of drug-likeness (QED) is 0.820. The fourth-order valence-corrected chi connectivity index (χ4v) is 2.12. The van der Waals surface area contributed by atoms with Crippen LogP contribution >= 0.6 is 0 Å². The molecule has 0 aromatic heterocycles. The Morgan fingerprint density at radius 3 is 2.68 bits per heavy atom. The van der Waals surface area contributed by atoms with E-state index in [9.17, 15) is 0 Å². The van der Waals surface area contributed by atoms with Crippen LogP contribution < -0.4 is 5.32 Å². The van der Waals surface area contributed by atoms with E-state index < -0.39 is 0 Å². The van der Waals surface area contributed by atoms with E-state index in [1.165, 1.54) is 16.7 Å². The fraction of sp³-hybridized carbons (Fsp3) is 0.625. The van der Waals surface area contributed by atoms with Crippen molar-refractivity contribution in [2.45, 2.75) is 39.3 Å². The van der Waals surface area contributed by atoms with Gasteiger partial charge < -0.3 is 14.8 Å². The van der Waals surface area contributed by atoms with Crippen molar-refractivity contribution in [2.24, 2.45) is 0 Å². The van der Waals surface area contributed by atoms with E-state index in [2.05, 4.69) is 44.3 Å². The molecule has 0 radical (unpaired) electrons. The largest absolute Gasteiger partial charge is 0.376 e. The van der Waals surface area contributed by atoms with E-state index in [0.29, 0.717) is 0 Å². The van der Waals surface area contributed by atoms with Gasteiger partial charge in [-0.2, -0.15) is 0 Å². The Bertz CT molecular complexity index is 402. The second-order valence-corrected chi connectivity index (χ2v) is 5.34. The van der Waals surface area contributed by atoms with Crippen molar-refractivity contribution in [1.82, 2.24) is 5.32 Å². The van der Waals surface area contributed by atoms with Gasteiger partial charge in [-0.05, 0) is 43.5 Å². The molecule has 0 saturated carbocycles. The van der Waals surface area contributed by atoms with E-state index in [0.717, 1.165) is 32.8 Å². The first kappa shape index (κ1) is 14.5. The molecule has 106 valence electrons. The maximum absolute atomic E-state index is 5.87. The highest BCUT2D eigenvalue weighted by Crippen LogP contribution is 2.19. The van der Waals surface area contributed by atoms with E-state index in [1.807, 2.05) is 0 Å². The predicted molar refractivity (Wildman–Crippen MR) is 77.5 cm³/mol. The Labute approximate surface area is 116 Å². The molecule has 1 aliphatic rings. The summed E-state index contributed by atoms with van der Waals surface area (Å²) in [5.74, 6) is 0. The predicted octanol–water partition coefficient (Wildman–Crippen LogP) is 2.76. The van der Waals surface area contributed by atoms with Crippen molar-refractivity contribution >= 4 is 0 Å². The lowest BCUT2D eigenvalue weighted by molar-refractivity contribution is -0.133. The van der Waals surface area contributed by atoms with Crippen LogP contribution in [0.15, 0.2) is 18.2 Å². The summed E-state index contributed by atoms with van der Waals surface area (Å²) in [7, 11) is 0. The molecule has 0 aliphatic carbocycles. The van der Waals surface area contributed by atoms with Gasteiger partial charge in [0, 0.05) is 0 Å².